The molecule has 0 saturated carbocycles. The third-order valence-electron chi connectivity index (χ3n) is 2.45. The van der Waals surface area contributed by atoms with Gasteiger partial charge in [-0.2, -0.15) is 0 Å². The summed E-state index contributed by atoms with van der Waals surface area (Å²) in [7, 11) is 0. The molecule has 2 heterocycles. The lowest BCUT2D eigenvalue weighted by Gasteiger charge is -2.00. The first-order valence-corrected chi connectivity index (χ1v) is 6.59. The van der Waals surface area contributed by atoms with Gasteiger partial charge in [-0.15, -0.1) is 22.0 Å². The molecule has 1 fully saturated rings. The van der Waals surface area contributed by atoms with Crippen molar-refractivity contribution in [3.8, 4) is 0 Å². The summed E-state index contributed by atoms with van der Waals surface area (Å²) in [5.41, 5.74) is 0. The van der Waals surface area contributed by atoms with Crippen LogP contribution in [-0.2, 0) is 6.42 Å². The van der Waals surface area contributed by atoms with Crippen LogP contribution in [0, 0.1) is 0 Å². The fourth-order valence-electron chi connectivity index (χ4n) is 1.64. The minimum atomic E-state index is 0.449. The average Bonchev–Trinajstić information content (AvgIpc) is 2.87. The minimum absolute atomic E-state index is 0.449. The third kappa shape index (κ3) is 2.95. The Hall–Kier alpha value is -0.550. The van der Waals surface area contributed by atoms with Crippen molar-refractivity contribution in [3.05, 3.63) is 11.8 Å². The average molecular weight is 227 g/mol. The van der Waals surface area contributed by atoms with Crippen LogP contribution >= 0.6 is 11.8 Å². The van der Waals surface area contributed by atoms with Crippen molar-refractivity contribution in [1.82, 2.24) is 15.5 Å². The molecule has 5 heteroatoms. The van der Waals surface area contributed by atoms with Crippen molar-refractivity contribution < 1.29 is 4.42 Å². The van der Waals surface area contributed by atoms with Crippen LogP contribution in [0.5, 0.6) is 0 Å². The Balaban J connectivity index is 1.86. The highest BCUT2D eigenvalue weighted by atomic mass is 32.2. The van der Waals surface area contributed by atoms with Crippen LogP contribution in [0.1, 0.15) is 36.8 Å². The second-order valence-electron chi connectivity index (χ2n) is 3.64. The molecule has 1 atom stereocenters. The zero-order valence-corrected chi connectivity index (χ0v) is 9.85. The Bertz CT molecular complexity index is 297. The van der Waals surface area contributed by atoms with Crippen LogP contribution in [0.25, 0.3) is 0 Å². The number of aromatic nitrogens is 2. The van der Waals surface area contributed by atoms with Gasteiger partial charge >= 0.3 is 0 Å². The molecule has 0 spiro atoms. The molecule has 0 radical (unpaired) electrons. The summed E-state index contributed by atoms with van der Waals surface area (Å²) in [5, 5.41) is 11.9. The molecule has 1 saturated heterocycles. The number of hydrogen-bond donors (Lipinski definition) is 1. The molecule has 1 aliphatic heterocycles. The van der Waals surface area contributed by atoms with E-state index in [2.05, 4.69) is 22.4 Å². The fourth-order valence-corrected chi connectivity index (χ4v) is 2.83. The molecule has 0 aliphatic carbocycles. The zero-order valence-electron chi connectivity index (χ0n) is 9.03. The molecule has 2 rings (SSSR count). The number of thioether (sulfide) groups is 1. The highest BCUT2D eigenvalue weighted by molar-refractivity contribution is 7.99. The highest BCUT2D eigenvalue weighted by Gasteiger charge is 2.23. The molecule has 84 valence electrons. The number of nitrogens with one attached hydrogen (secondary N) is 1. The maximum Gasteiger partial charge on any atom is 0.229 e. The Kier molecular flexibility index (Phi) is 4.02. The van der Waals surface area contributed by atoms with Crippen molar-refractivity contribution in [2.24, 2.45) is 0 Å². The van der Waals surface area contributed by atoms with E-state index in [0.29, 0.717) is 5.25 Å². The zero-order chi connectivity index (χ0) is 10.5. The SMILES string of the molecule is CCNCCc1nnc(C2CCCS2)o1. The Morgan fingerprint density at radius 2 is 2.47 bits per heavy atom. The molecule has 4 nitrogen and oxygen atoms in total. The van der Waals surface area contributed by atoms with Crippen LogP contribution < -0.4 is 5.32 Å². The van der Waals surface area contributed by atoms with Gasteiger partial charge < -0.3 is 9.73 Å². The van der Waals surface area contributed by atoms with Gasteiger partial charge in [0.1, 0.15) is 0 Å². The maximum absolute atomic E-state index is 5.63. The monoisotopic (exact) mass is 227 g/mol. The normalized spacial score (nSPS) is 21.0. The van der Waals surface area contributed by atoms with Crippen molar-refractivity contribution in [2.45, 2.75) is 31.4 Å². The summed E-state index contributed by atoms with van der Waals surface area (Å²) in [4.78, 5) is 0. The molecule has 1 aromatic heterocycles. The summed E-state index contributed by atoms with van der Waals surface area (Å²) >= 11 is 1.93. The number of likely N-dealkylation sites (N-methyl/N-ethyl adjacent to an activating group) is 1. The third-order valence-corrected chi connectivity index (χ3v) is 3.82. The van der Waals surface area contributed by atoms with E-state index >= 15 is 0 Å². The molecule has 0 amide bonds. The van der Waals surface area contributed by atoms with Gasteiger partial charge in [0, 0.05) is 13.0 Å². The van der Waals surface area contributed by atoms with E-state index in [1.54, 1.807) is 0 Å². The second-order valence-corrected chi connectivity index (χ2v) is 4.95. The van der Waals surface area contributed by atoms with Gasteiger partial charge in [0.05, 0.1) is 5.25 Å². The van der Waals surface area contributed by atoms with E-state index in [0.717, 1.165) is 31.3 Å². The Labute approximate surface area is 94.2 Å². The predicted molar refractivity (Wildman–Crippen MR) is 61.0 cm³/mol. The van der Waals surface area contributed by atoms with E-state index in [-0.39, 0.29) is 0 Å². The molecule has 1 N–H and O–H groups in total. The second kappa shape index (κ2) is 5.51. The minimum Gasteiger partial charge on any atom is -0.424 e. The van der Waals surface area contributed by atoms with E-state index in [9.17, 15) is 0 Å². The first-order chi connectivity index (χ1) is 7.40. The Morgan fingerprint density at radius 1 is 1.53 bits per heavy atom. The van der Waals surface area contributed by atoms with E-state index in [4.69, 9.17) is 4.42 Å². The topological polar surface area (TPSA) is 51.0 Å². The molecule has 15 heavy (non-hydrogen) atoms. The first kappa shape index (κ1) is 11.0. The van der Waals surface area contributed by atoms with Gasteiger partial charge in [-0.05, 0) is 25.1 Å². The van der Waals surface area contributed by atoms with Gasteiger partial charge in [-0.1, -0.05) is 6.92 Å². The smallest absolute Gasteiger partial charge is 0.229 e. The number of nitrogens with zero attached hydrogens (tertiary/aromatic N) is 2. The van der Waals surface area contributed by atoms with Crippen LogP contribution in [0.3, 0.4) is 0 Å². The van der Waals surface area contributed by atoms with E-state index in [1.165, 1.54) is 18.6 Å². The van der Waals surface area contributed by atoms with E-state index < -0.39 is 0 Å². The lowest BCUT2D eigenvalue weighted by atomic mass is 10.2. The van der Waals surface area contributed by atoms with Gasteiger partial charge in [0.15, 0.2) is 0 Å². The summed E-state index contributed by atoms with van der Waals surface area (Å²) in [5.74, 6) is 2.81. The lowest BCUT2D eigenvalue weighted by Crippen LogP contribution is -2.16. The van der Waals surface area contributed by atoms with Crippen molar-refractivity contribution in [3.63, 3.8) is 0 Å². The predicted octanol–water partition coefficient (Wildman–Crippen LogP) is 1.79. The quantitative estimate of drug-likeness (QED) is 0.777. The lowest BCUT2D eigenvalue weighted by molar-refractivity contribution is 0.439. The standard InChI is InChI=1S/C10H17N3OS/c1-2-11-6-5-9-12-13-10(14-9)8-4-3-7-15-8/h8,11H,2-7H2,1H3. The number of hydrogen-bond acceptors (Lipinski definition) is 5. The molecule has 0 bridgehead atoms. The van der Waals surface area contributed by atoms with Gasteiger partial charge in [0.2, 0.25) is 11.8 Å². The first-order valence-electron chi connectivity index (χ1n) is 5.54. The van der Waals surface area contributed by atoms with Gasteiger partial charge in [0.25, 0.3) is 0 Å². The molecule has 0 aromatic carbocycles. The largest absolute Gasteiger partial charge is 0.424 e. The van der Waals surface area contributed by atoms with Crippen LogP contribution in [0.15, 0.2) is 4.42 Å². The van der Waals surface area contributed by atoms with Crippen LogP contribution in [0.4, 0.5) is 0 Å². The number of rotatable bonds is 5. The van der Waals surface area contributed by atoms with Crippen molar-refractivity contribution >= 4 is 11.8 Å². The summed E-state index contributed by atoms with van der Waals surface area (Å²) in [6, 6.07) is 0. The Morgan fingerprint density at radius 3 is 3.20 bits per heavy atom. The molecule has 1 aromatic rings. The summed E-state index contributed by atoms with van der Waals surface area (Å²) in [6.45, 7) is 3.99. The van der Waals surface area contributed by atoms with Crippen molar-refractivity contribution in [1.29, 1.82) is 0 Å². The fraction of sp³-hybridized carbons (Fsp3) is 0.800. The molecule has 1 unspecified atom stereocenters. The van der Waals surface area contributed by atoms with E-state index in [1.807, 2.05) is 11.8 Å². The maximum atomic E-state index is 5.63. The highest BCUT2D eigenvalue weighted by Crippen LogP contribution is 2.38. The van der Waals surface area contributed by atoms with Gasteiger partial charge in [-0.25, -0.2) is 0 Å². The summed E-state index contributed by atoms with van der Waals surface area (Å²) in [6.07, 6.45) is 3.28. The van der Waals surface area contributed by atoms with Crippen LogP contribution in [-0.4, -0.2) is 29.0 Å². The molecular formula is C10H17N3OS. The van der Waals surface area contributed by atoms with Crippen LogP contribution in [0.2, 0.25) is 0 Å². The molecule has 1 aliphatic rings. The van der Waals surface area contributed by atoms with Crippen molar-refractivity contribution in [2.75, 3.05) is 18.8 Å². The summed E-state index contributed by atoms with van der Waals surface area (Å²) < 4.78 is 5.63. The van der Waals surface area contributed by atoms with Gasteiger partial charge in [-0.3, -0.25) is 0 Å². The molecular weight excluding hydrogens is 210 g/mol.